The second kappa shape index (κ2) is 14.5. The maximum absolute atomic E-state index is 12.4. The van der Waals surface area contributed by atoms with Gasteiger partial charge in [-0.05, 0) is 81.1 Å². The van der Waals surface area contributed by atoms with E-state index < -0.39 is 5.60 Å². The van der Waals surface area contributed by atoms with Crippen LogP contribution >= 0.6 is 11.6 Å². The number of piperazine rings is 1. The van der Waals surface area contributed by atoms with Gasteiger partial charge in [0.05, 0.1) is 17.3 Å². The van der Waals surface area contributed by atoms with E-state index in [1.807, 2.05) is 62.2 Å². The second-order valence-corrected chi connectivity index (χ2v) is 15.4. The molecule has 0 saturated carbocycles. The molecule has 4 heterocycles. The van der Waals surface area contributed by atoms with Gasteiger partial charge in [-0.1, -0.05) is 37.6 Å². The van der Waals surface area contributed by atoms with Crippen LogP contribution < -0.4 is 9.64 Å². The van der Waals surface area contributed by atoms with Crippen molar-refractivity contribution in [1.82, 2.24) is 24.7 Å². The van der Waals surface area contributed by atoms with Gasteiger partial charge in [-0.2, -0.15) is 5.26 Å². The van der Waals surface area contributed by atoms with Crippen molar-refractivity contribution in [3.05, 3.63) is 82.1 Å². The molecule has 0 spiro atoms. The van der Waals surface area contributed by atoms with Crippen LogP contribution in [0.1, 0.15) is 69.8 Å². The Bertz CT molecular complexity index is 1650. The third-order valence-electron chi connectivity index (χ3n) is 10.0. The van der Waals surface area contributed by atoms with E-state index in [9.17, 15) is 10.1 Å². The average Bonchev–Trinajstić information content (AvgIpc) is 3.06. The highest BCUT2D eigenvalue weighted by molar-refractivity contribution is 6.30. The number of hydrogen-bond donors (Lipinski definition) is 0. The minimum absolute atomic E-state index is 0.189. The Hall–Kier alpha value is -3.91. The molecular formula is C38H48ClN7O3. The summed E-state index contributed by atoms with van der Waals surface area (Å²) in [5.74, 6) is 1.52. The summed E-state index contributed by atoms with van der Waals surface area (Å²) in [6.45, 7) is 17.9. The largest absolute Gasteiger partial charge is 0.487 e. The van der Waals surface area contributed by atoms with Crippen LogP contribution in [0.2, 0.25) is 5.02 Å². The lowest BCUT2D eigenvalue weighted by Gasteiger charge is -2.52. The average molecular weight is 686 g/mol. The van der Waals surface area contributed by atoms with Crippen molar-refractivity contribution in [3.63, 3.8) is 0 Å². The first kappa shape index (κ1) is 34.9. The van der Waals surface area contributed by atoms with E-state index in [0.717, 1.165) is 93.7 Å². The van der Waals surface area contributed by atoms with Gasteiger partial charge in [-0.15, -0.1) is 0 Å². The maximum atomic E-state index is 12.4. The number of rotatable bonds is 8. The van der Waals surface area contributed by atoms with Crippen LogP contribution in [-0.2, 0) is 16.8 Å². The van der Waals surface area contributed by atoms with Gasteiger partial charge in [0.2, 0.25) is 5.95 Å². The molecule has 0 aliphatic carbocycles. The van der Waals surface area contributed by atoms with E-state index in [1.165, 1.54) is 0 Å². The standard InChI is InChI=1S/C38H48ClN7O3/c1-37(2,3)49-36(47)45-14-11-32(12-15-45)46-24-33(25-46)43-16-18-44(19-17-43)35-41-13-10-31(42-35)26-48-34-8-6-28(7-9-34)38(4,5)29-20-27(23-40)21-30(39)22-29/h6-10,13,20-22,32-33H,11-12,14-19,24-26H2,1-5H3. The summed E-state index contributed by atoms with van der Waals surface area (Å²) in [6.07, 6.45) is 3.65. The number of benzene rings is 2. The molecule has 11 heteroatoms. The smallest absolute Gasteiger partial charge is 0.410 e. The fraction of sp³-hybridized carbons (Fsp3) is 0.526. The lowest BCUT2D eigenvalue weighted by atomic mass is 9.78. The molecule has 3 aliphatic heterocycles. The number of halogens is 1. The number of ether oxygens (including phenoxy) is 2. The highest BCUT2D eigenvalue weighted by Gasteiger charge is 2.39. The third-order valence-corrected chi connectivity index (χ3v) is 10.3. The summed E-state index contributed by atoms with van der Waals surface area (Å²) in [5.41, 5.74) is 2.70. The number of carbonyl (C=O) groups is 1. The van der Waals surface area contributed by atoms with Crippen LogP contribution in [0.3, 0.4) is 0 Å². The van der Waals surface area contributed by atoms with Crippen molar-refractivity contribution in [3.8, 4) is 11.8 Å². The molecule has 2 aromatic carbocycles. The van der Waals surface area contributed by atoms with Gasteiger partial charge >= 0.3 is 6.09 Å². The predicted octanol–water partition coefficient (Wildman–Crippen LogP) is 6.11. The Morgan fingerprint density at radius 1 is 0.898 bits per heavy atom. The molecule has 6 rings (SSSR count). The van der Waals surface area contributed by atoms with E-state index in [0.29, 0.717) is 29.3 Å². The predicted molar refractivity (Wildman–Crippen MR) is 191 cm³/mol. The van der Waals surface area contributed by atoms with Gasteiger partial charge in [-0.3, -0.25) is 9.80 Å². The Kier molecular flexibility index (Phi) is 10.4. The van der Waals surface area contributed by atoms with Crippen molar-refractivity contribution >= 4 is 23.6 Å². The summed E-state index contributed by atoms with van der Waals surface area (Å²) >= 11 is 6.29. The molecule has 3 fully saturated rings. The third kappa shape index (κ3) is 8.46. The molecule has 10 nitrogen and oxygen atoms in total. The summed E-state index contributed by atoms with van der Waals surface area (Å²) in [4.78, 5) is 31.2. The first-order chi connectivity index (χ1) is 23.4. The Labute approximate surface area is 295 Å². The second-order valence-electron chi connectivity index (χ2n) is 15.0. The minimum Gasteiger partial charge on any atom is -0.487 e. The van der Waals surface area contributed by atoms with E-state index in [1.54, 1.807) is 6.07 Å². The van der Waals surface area contributed by atoms with Crippen LogP contribution in [0.5, 0.6) is 5.75 Å². The molecule has 260 valence electrons. The van der Waals surface area contributed by atoms with E-state index in [4.69, 9.17) is 26.1 Å². The van der Waals surface area contributed by atoms with Crippen molar-refractivity contribution in [2.75, 3.05) is 57.3 Å². The molecule has 3 aromatic rings. The van der Waals surface area contributed by atoms with Crippen LogP contribution in [0.15, 0.2) is 54.7 Å². The highest BCUT2D eigenvalue weighted by atomic mass is 35.5. The number of anilines is 1. The van der Waals surface area contributed by atoms with E-state index >= 15 is 0 Å². The Balaban J connectivity index is 0.943. The normalized spacial score (nSPS) is 18.6. The number of aromatic nitrogens is 2. The SMILES string of the molecule is CC(C)(C)OC(=O)N1CCC(N2CC(N3CCN(c4nccc(COc5ccc(C(C)(C)c6cc(Cl)cc(C#N)c6)cc5)n4)CC3)C2)CC1. The summed E-state index contributed by atoms with van der Waals surface area (Å²) in [6, 6.07) is 18.8. The summed E-state index contributed by atoms with van der Waals surface area (Å²) in [5, 5.41) is 9.94. The first-order valence-corrected chi connectivity index (χ1v) is 17.7. The number of likely N-dealkylation sites (tertiary alicyclic amines) is 2. The first-order valence-electron chi connectivity index (χ1n) is 17.4. The molecule has 0 bridgehead atoms. The van der Waals surface area contributed by atoms with Crippen molar-refractivity contribution < 1.29 is 14.3 Å². The number of nitriles is 1. The number of amides is 1. The lowest BCUT2D eigenvalue weighted by molar-refractivity contribution is -0.0226. The fourth-order valence-corrected chi connectivity index (χ4v) is 7.20. The molecule has 0 N–H and O–H groups in total. The number of hydrogen-bond acceptors (Lipinski definition) is 9. The van der Waals surface area contributed by atoms with Gasteiger partial charge < -0.3 is 19.3 Å². The van der Waals surface area contributed by atoms with Crippen LogP contribution in [0, 0.1) is 11.3 Å². The molecule has 1 aromatic heterocycles. The summed E-state index contributed by atoms with van der Waals surface area (Å²) < 4.78 is 11.7. The minimum atomic E-state index is -0.454. The quantitative estimate of drug-likeness (QED) is 0.278. The molecule has 0 radical (unpaired) electrons. The maximum Gasteiger partial charge on any atom is 0.410 e. The molecule has 0 atom stereocenters. The fourth-order valence-electron chi connectivity index (χ4n) is 6.97. The van der Waals surface area contributed by atoms with Crippen molar-refractivity contribution in [2.24, 2.45) is 0 Å². The summed E-state index contributed by atoms with van der Waals surface area (Å²) in [7, 11) is 0. The van der Waals surface area contributed by atoms with Crippen LogP contribution in [0.25, 0.3) is 0 Å². The van der Waals surface area contributed by atoms with Gasteiger partial charge in [0, 0.05) is 81.1 Å². The zero-order chi connectivity index (χ0) is 34.8. The van der Waals surface area contributed by atoms with Crippen LogP contribution in [0.4, 0.5) is 10.7 Å². The van der Waals surface area contributed by atoms with Crippen molar-refractivity contribution in [2.45, 2.75) is 77.2 Å². The molecule has 3 saturated heterocycles. The molecule has 0 unspecified atom stereocenters. The van der Waals surface area contributed by atoms with E-state index in [2.05, 4.69) is 51.7 Å². The topological polar surface area (TPSA) is 98.1 Å². The van der Waals surface area contributed by atoms with E-state index in [-0.39, 0.29) is 11.5 Å². The van der Waals surface area contributed by atoms with Gasteiger partial charge in [0.25, 0.3) is 0 Å². The highest BCUT2D eigenvalue weighted by Crippen LogP contribution is 2.34. The monoisotopic (exact) mass is 685 g/mol. The Morgan fingerprint density at radius 2 is 1.59 bits per heavy atom. The zero-order valence-electron chi connectivity index (χ0n) is 29.4. The molecular weight excluding hydrogens is 638 g/mol. The molecule has 1 amide bonds. The number of piperidine rings is 1. The zero-order valence-corrected chi connectivity index (χ0v) is 30.1. The Morgan fingerprint density at radius 3 is 2.24 bits per heavy atom. The molecule has 49 heavy (non-hydrogen) atoms. The van der Waals surface area contributed by atoms with Gasteiger partial charge in [0.1, 0.15) is 18.0 Å². The number of carbonyl (C=O) groups excluding carboxylic acids is 1. The van der Waals surface area contributed by atoms with Gasteiger partial charge in [0.15, 0.2) is 0 Å². The lowest BCUT2D eigenvalue weighted by Crippen LogP contribution is -2.66. The molecule has 3 aliphatic rings. The number of nitrogens with zero attached hydrogens (tertiary/aromatic N) is 7. The van der Waals surface area contributed by atoms with Crippen LogP contribution in [-0.4, -0.2) is 101 Å². The van der Waals surface area contributed by atoms with Crippen molar-refractivity contribution in [1.29, 1.82) is 5.26 Å². The van der Waals surface area contributed by atoms with Gasteiger partial charge in [-0.25, -0.2) is 14.8 Å².